The number of hydrogen-bond donors (Lipinski definition) is 2. The molecule has 4 aromatic rings. The number of aromatic amines is 1. The van der Waals surface area contributed by atoms with Gasteiger partial charge >= 0.3 is 0 Å². The second-order valence-corrected chi connectivity index (χ2v) is 7.12. The van der Waals surface area contributed by atoms with Gasteiger partial charge in [-0.1, -0.05) is 35.3 Å². The van der Waals surface area contributed by atoms with Crippen LogP contribution in [-0.2, 0) is 6.42 Å². The number of benzene rings is 2. The smallest absolute Gasteiger partial charge is 0.232 e. The van der Waals surface area contributed by atoms with Crippen LogP contribution in [0.3, 0.4) is 0 Å². The second kappa shape index (κ2) is 6.34. The molecule has 0 bridgehead atoms. The second-order valence-electron chi connectivity index (χ2n) is 6.31. The number of aromatic nitrogens is 4. The van der Waals surface area contributed by atoms with Gasteiger partial charge in [0.25, 0.3) is 0 Å². The molecule has 0 spiro atoms. The Morgan fingerprint density at radius 1 is 1.08 bits per heavy atom. The maximum Gasteiger partial charge on any atom is 0.232 e. The average Bonchev–Trinajstić information content (AvgIpc) is 3.13. The molecule has 2 heterocycles. The van der Waals surface area contributed by atoms with E-state index in [1.54, 1.807) is 12.1 Å². The van der Waals surface area contributed by atoms with Gasteiger partial charge in [-0.25, -0.2) is 4.98 Å². The summed E-state index contributed by atoms with van der Waals surface area (Å²) in [7, 11) is 0. The fourth-order valence-corrected chi connectivity index (χ4v) is 3.28. The van der Waals surface area contributed by atoms with E-state index in [0.29, 0.717) is 22.4 Å². The highest BCUT2D eigenvalue weighted by Gasteiger charge is 2.18. The van der Waals surface area contributed by atoms with E-state index in [9.17, 15) is 5.11 Å². The molecule has 2 N–H and O–H groups in total. The number of halogens is 2. The largest absolute Gasteiger partial charge is 0.493 e. The number of imidazole rings is 1. The van der Waals surface area contributed by atoms with Crippen LogP contribution < -0.4 is 0 Å². The monoisotopic (exact) mass is 386 g/mol. The van der Waals surface area contributed by atoms with E-state index >= 15 is 0 Å². The molecule has 0 aliphatic carbocycles. The molecule has 0 atom stereocenters. The van der Waals surface area contributed by atoms with Gasteiger partial charge in [-0.15, -0.1) is 0 Å². The summed E-state index contributed by atoms with van der Waals surface area (Å²) in [6.45, 7) is 3.87. The number of H-pyrrole nitrogens is 1. The van der Waals surface area contributed by atoms with Crippen molar-refractivity contribution in [2.24, 2.45) is 0 Å². The van der Waals surface area contributed by atoms with Crippen molar-refractivity contribution < 1.29 is 5.11 Å². The number of nitrogens with one attached hydrogen (secondary N) is 1. The Morgan fingerprint density at radius 2 is 1.88 bits per heavy atom. The van der Waals surface area contributed by atoms with Crippen molar-refractivity contribution in [3.63, 3.8) is 0 Å². The van der Waals surface area contributed by atoms with Crippen LogP contribution in [0.15, 0.2) is 36.4 Å². The Hall–Kier alpha value is -2.50. The molecule has 26 heavy (non-hydrogen) atoms. The molecule has 0 fully saturated rings. The zero-order chi connectivity index (χ0) is 18.4. The Balaban J connectivity index is 1.74. The summed E-state index contributed by atoms with van der Waals surface area (Å²) in [6.07, 6.45) is 0.494. The zero-order valence-corrected chi connectivity index (χ0v) is 15.7. The molecule has 0 aliphatic heterocycles. The van der Waals surface area contributed by atoms with Crippen LogP contribution in [0.25, 0.3) is 17.0 Å². The van der Waals surface area contributed by atoms with Crippen LogP contribution in [0, 0.1) is 13.8 Å². The zero-order valence-electron chi connectivity index (χ0n) is 14.2. The molecule has 0 radical (unpaired) electrons. The molecule has 7 heteroatoms. The number of nitrogens with zero attached hydrogens (tertiary/aromatic N) is 3. The highest BCUT2D eigenvalue weighted by atomic mass is 35.5. The molecule has 4 rings (SSSR count). The minimum absolute atomic E-state index is 0.0596. The summed E-state index contributed by atoms with van der Waals surface area (Å²) >= 11 is 12.1. The molecular formula is C19H16Cl2N4O. The van der Waals surface area contributed by atoms with Crippen LogP contribution in [0.1, 0.15) is 22.4 Å². The maximum atomic E-state index is 10.7. The van der Waals surface area contributed by atoms with Crippen molar-refractivity contribution in [2.45, 2.75) is 20.3 Å². The number of aromatic hydroxyl groups is 1. The van der Waals surface area contributed by atoms with Crippen molar-refractivity contribution in [3.05, 3.63) is 68.8 Å². The molecule has 2 aromatic carbocycles. The van der Waals surface area contributed by atoms with Crippen molar-refractivity contribution in [1.82, 2.24) is 19.7 Å². The van der Waals surface area contributed by atoms with Gasteiger partial charge in [-0.3, -0.25) is 0 Å². The van der Waals surface area contributed by atoms with Crippen LogP contribution in [0.4, 0.5) is 0 Å². The van der Waals surface area contributed by atoms with E-state index in [1.165, 1.54) is 4.68 Å². The molecule has 0 saturated heterocycles. The average molecular weight is 387 g/mol. The molecule has 132 valence electrons. The fraction of sp³-hybridized carbons (Fsp3) is 0.158. The van der Waals surface area contributed by atoms with Crippen molar-refractivity contribution in [3.8, 4) is 11.8 Å². The first-order valence-electron chi connectivity index (χ1n) is 8.10. The highest BCUT2D eigenvalue weighted by molar-refractivity contribution is 6.42. The Bertz CT molecular complexity index is 1130. The molecule has 2 aromatic heterocycles. The van der Waals surface area contributed by atoms with Crippen LogP contribution in [-0.4, -0.2) is 24.9 Å². The normalized spacial score (nSPS) is 11.4. The van der Waals surface area contributed by atoms with Gasteiger partial charge in [0.05, 0.1) is 26.8 Å². The van der Waals surface area contributed by atoms with Gasteiger partial charge in [0.2, 0.25) is 11.8 Å². The number of aryl methyl sites for hydroxylation is 2. The lowest BCUT2D eigenvalue weighted by atomic mass is 10.1. The minimum Gasteiger partial charge on any atom is -0.493 e. The number of fused-ring (bicyclic) bond motifs is 1. The predicted octanol–water partition coefficient (Wildman–Crippen LogP) is 4.97. The molecule has 0 unspecified atom stereocenters. The lowest BCUT2D eigenvalue weighted by Crippen LogP contribution is -1.98. The predicted molar refractivity (Wildman–Crippen MR) is 104 cm³/mol. The van der Waals surface area contributed by atoms with Gasteiger partial charge in [0.15, 0.2) is 0 Å². The SMILES string of the molecule is Cc1ccc2[nH]c(-n3nc(C)c(Cc4ccc(Cl)c(Cl)c4)c3O)nc2c1. The number of rotatable bonds is 3. The molecular weight excluding hydrogens is 371 g/mol. The third kappa shape index (κ3) is 2.93. The van der Waals surface area contributed by atoms with E-state index in [2.05, 4.69) is 15.1 Å². The van der Waals surface area contributed by atoms with E-state index in [-0.39, 0.29) is 5.88 Å². The van der Waals surface area contributed by atoms with Crippen molar-refractivity contribution in [1.29, 1.82) is 0 Å². The summed E-state index contributed by atoms with van der Waals surface area (Å²) in [5.41, 5.74) is 5.24. The fourth-order valence-electron chi connectivity index (χ4n) is 2.96. The van der Waals surface area contributed by atoms with Gasteiger partial charge in [-0.05, 0) is 49.2 Å². The molecule has 5 nitrogen and oxygen atoms in total. The third-order valence-electron chi connectivity index (χ3n) is 4.35. The standard InChI is InChI=1S/C19H16Cl2N4O/c1-10-3-6-16-17(7-10)23-19(22-16)25-18(26)13(11(2)24-25)8-12-4-5-14(20)15(21)9-12/h3-7,9,26H,8H2,1-2H3,(H,22,23). The minimum atomic E-state index is 0.0596. The van der Waals surface area contributed by atoms with Gasteiger partial charge < -0.3 is 10.1 Å². The summed E-state index contributed by atoms with van der Waals surface area (Å²) in [4.78, 5) is 7.73. The number of hydrogen-bond acceptors (Lipinski definition) is 3. The quantitative estimate of drug-likeness (QED) is 0.522. The van der Waals surface area contributed by atoms with Gasteiger partial charge in [-0.2, -0.15) is 9.78 Å². The summed E-state index contributed by atoms with van der Waals surface area (Å²) in [6, 6.07) is 11.4. The topological polar surface area (TPSA) is 66.7 Å². The van der Waals surface area contributed by atoms with Crippen LogP contribution in [0.2, 0.25) is 10.0 Å². The first-order valence-corrected chi connectivity index (χ1v) is 8.86. The third-order valence-corrected chi connectivity index (χ3v) is 5.09. The Morgan fingerprint density at radius 3 is 2.65 bits per heavy atom. The van der Waals surface area contributed by atoms with Crippen molar-refractivity contribution in [2.75, 3.05) is 0 Å². The Labute approximate surface area is 160 Å². The summed E-state index contributed by atoms with van der Waals surface area (Å²) in [5.74, 6) is 0.538. The van der Waals surface area contributed by atoms with Gasteiger partial charge in [0, 0.05) is 12.0 Å². The van der Waals surface area contributed by atoms with E-state index in [1.807, 2.05) is 38.1 Å². The Kier molecular flexibility index (Phi) is 4.13. The maximum absolute atomic E-state index is 10.7. The summed E-state index contributed by atoms with van der Waals surface area (Å²) < 4.78 is 1.43. The molecule has 0 saturated carbocycles. The molecule has 0 amide bonds. The van der Waals surface area contributed by atoms with Crippen molar-refractivity contribution >= 4 is 34.2 Å². The van der Waals surface area contributed by atoms with E-state index in [4.69, 9.17) is 23.2 Å². The first kappa shape index (κ1) is 16.9. The lowest BCUT2D eigenvalue weighted by molar-refractivity contribution is 0.426. The summed E-state index contributed by atoms with van der Waals surface area (Å²) in [5, 5.41) is 16.1. The van der Waals surface area contributed by atoms with Gasteiger partial charge in [0.1, 0.15) is 0 Å². The highest BCUT2D eigenvalue weighted by Crippen LogP contribution is 2.29. The van der Waals surface area contributed by atoms with Crippen LogP contribution in [0.5, 0.6) is 5.88 Å². The van der Waals surface area contributed by atoms with Crippen LogP contribution >= 0.6 is 23.2 Å². The van der Waals surface area contributed by atoms with E-state index < -0.39 is 0 Å². The van der Waals surface area contributed by atoms with E-state index in [0.717, 1.165) is 33.4 Å². The first-order chi connectivity index (χ1) is 12.4. The lowest BCUT2D eigenvalue weighted by Gasteiger charge is -2.04. The molecule has 0 aliphatic rings.